The average molecular weight is 284 g/mol. The van der Waals surface area contributed by atoms with Crippen LogP contribution in [-0.4, -0.2) is 10.9 Å². The Labute approximate surface area is 124 Å². The number of para-hydroxylation sites is 1. The Morgan fingerprint density at radius 2 is 1.90 bits per heavy atom. The summed E-state index contributed by atoms with van der Waals surface area (Å²) in [6.45, 7) is 6.32. The number of nitrogens with two attached hydrogens (primary N) is 1. The van der Waals surface area contributed by atoms with Crippen LogP contribution in [0.4, 0.5) is 11.4 Å². The lowest BCUT2D eigenvalue weighted by atomic mass is 9.86. The van der Waals surface area contributed by atoms with E-state index in [-0.39, 0.29) is 11.3 Å². The van der Waals surface area contributed by atoms with E-state index >= 15 is 0 Å². The van der Waals surface area contributed by atoms with Crippen molar-refractivity contribution in [2.75, 3.05) is 10.7 Å². The first kappa shape index (κ1) is 15.0. The molecule has 4 N–H and O–H groups in total. The number of hydrogen-bond acceptors (Lipinski definition) is 4. The lowest BCUT2D eigenvalue weighted by molar-refractivity contribution is 0.102. The van der Waals surface area contributed by atoms with Gasteiger partial charge >= 0.3 is 0 Å². The first-order valence-corrected chi connectivity index (χ1v) is 6.75. The molecule has 2 aromatic rings. The number of amides is 1. The second-order valence-electron chi connectivity index (χ2n) is 5.82. The van der Waals surface area contributed by atoms with Crippen LogP contribution in [0.15, 0.2) is 42.6 Å². The van der Waals surface area contributed by atoms with Gasteiger partial charge in [-0.25, -0.2) is 0 Å². The summed E-state index contributed by atoms with van der Waals surface area (Å²) < 4.78 is 0. The van der Waals surface area contributed by atoms with E-state index in [1.807, 2.05) is 24.3 Å². The number of carbonyl (C=O) groups excluding carboxylic acids is 1. The van der Waals surface area contributed by atoms with Gasteiger partial charge in [0.15, 0.2) is 0 Å². The topological polar surface area (TPSA) is 80.0 Å². The van der Waals surface area contributed by atoms with Crippen LogP contribution in [0, 0.1) is 0 Å². The molecule has 1 aromatic carbocycles. The number of nitrogen functional groups attached to an aromatic ring is 1. The minimum atomic E-state index is -0.260. The Hall–Kier alpha value is -2.40. The number of hydrogen-bond donors (Lipinski definition) is 3. The number of aromatic nitrogens is 1. The van der Waals surface area contributed by atoms with Crippen molar-refractivity contribution < 1.29 is 4.79 Å². The summed E-state index contributed by atoms with van der Waals surface area (Å²) in [7, 11) is 0. The highest BCUT2D eigenvalue weighted by Crippen LogP contribution is 2.29. The highest BCUT2D eigenvalue weighted by atomic mass is 16.1. The van der Waals surface area contributed by atoms with Crippen LogP contribution < -0.4 is 16.6 Å². The largest absolute Gasteiger partial charge is 0.324 e. The molecule has 0 spiro atoms. The van der Waals surface area contributed by atoms with Gasteiger partial charge in [-0.15, -0.1) is 0 Å². The molecule has 0 saturated carbocycles. The van der Waals surface area contributed by atoms with Gasteiger partial charge in [-0.05, 0) is 29.2 Å². The maximum atomic E-state index is 12.3. The molecular weight excluding hydrogens is 264 g/mol. The zero-order valence-electron chi connectivity index (χ0n) is 12.5. The van der Waals surface area contributed by atoms with Crippen molar-refractivity contribution in [1.29, 1.82) is 0 Å². The number of nitrogens with one attached hydrogen (secondary N) is 2. The van der Waals surface area contributed by atoms with Gasteiger partial charge in [0.25, 0.3) is 5.91 Å². The quantitative estimate of drug-likeness (QED) is 0.598. The van der Waals surface area contributed by atoms with Gasteiger partial charge in [0.2, 0.25) is 0 Å². The maximum absolute atomic E-state index is 12.3. The molecule has 0 aliphatic rings. The molecular formula is C16H20N4O. The Morgan fingerprint density at radius 3 is 2.57 bits per heavy atom. The third-order valence-corrected chi connectivity index (χ3v) is 3.14. The number of carbonyl (C=O) groups is 1. The van der Waals surface area contributed by atoms with Crippen LogP contribution in [0.3, 0.4) is 0 Å². The van der Waals surface area contributed by atoms with Gasteiger partial charge in [0, 0.05) is 11.9 Å². The predicted molar refractivity (Wildman–Crippen MR) is 85.1 cm³/mol. The van der Waals surface area contributed by atoms with E-state index in [4.69, 9.17) is 5.84 Å². The van der Waals surface area contributed by atoms with Gasteiger partial charge in [-0.1, -0.05) is 39.0 Å². The molecule has 1 aromatic heterocycles. The van der Waals surface area contributed by atoms with E-state index in [0.717, 1.165) is 11.3 Å². The van der Waals surface area contributed by atoms with Crippen LogP contribution in [0.5, 0.6) is 0 Å². The minimum absolute atomic E-state index is 0.0576. The van der Waals surface area contributed by atoms with Gasteiger partial charge in [-0.2, -0.15) is 0 Å². The fourth-order valence-electron chi connectivity index (χ4n) is 2.08. The third-order valence-electron chi connectivity index (χ3n) is 3.14. The summed E-state index contributed by atoms with van der Waals surface area (Å²) in [6, 6.07) is 11.1. The Kier molecular flexibility index (Phi) is 4.23. The van der Waals surface area contributed by atoms with E-state index in [1.54, 1.807) is 18.3 Å². The highest BCUT2D eigenvalue weighted by molar-refractivity contribution is 6.03. The van der Waals surface area contributed by atoms with E-state index < -0.39 is 0 Å². The SMILES string of the molecule is CC(C)(C)c1ccccc1NC(=O)c1cc(NN)ccn1. The number of rotatable bonds is 3. The Bertz CT molecular complexity index is 647. The number of hydrazine groups is 1. The summed E-state index contributed by atoms with van der Waals surface area (Å²) >= 11 is 0. The van der Waals surface area contributed by atoms with E-state index in [1.165, 1.54) is 0 Å². The summed E-state index contributed by atoms with van der Waals surface area (Å²) in [5, 5.41) is 2.91. The van der Waals surface area contributed by atoms with E-state index in [0.29, 0.717) is 11.4 Å². The predicted octanol–water partition coefficient (Wildman–Crippen LogP) is 2.92. The zero-order chi connectivity index (χ0) is 15.5. The molecule has 5 heteroatoms. The minimum Gasteiger partial charge on any atom is -0.324 e. The van der Waals surface area contributed by atoms with Crippen molar-refractivity contribution in [3.63, 3.8) is 0 Å². The van der Waals surface area contributed by atoms with Crippen molar-refractivity contribution in [3.8, 4) is 0 Å². The second-order valence-corrected chi connectivity index (χ2v) is 5.82. The summed E-state index contributed by atoms with van der Waals surface area (Å²) in [6.07, 6.45) is 1.54. The van der Waals surface area contributed by atoms with E-state index in [2.05, 4.69) is 36.5 Å². The molecule has 1 heterocycles. The summed E-state index contributed by atoms with van der Waals surface area (Å²) in [5.41, 5.74) is 5.27. The summed E-state index contributed by atoms with van der Waals surface area (Å²) in [4.78, 5) is 16.4. The normalized spacial score (nSPS) is 11.0. The second kappa shape index (κ2) is 5.93. The molecule has 0 fully saturated rings. The molecule has 0 radical (unpaired) electrons. The first-order valence-electron chi connectivity index (χ1n) is 6.75. The van der Waals surface area contributed by atoms with Gasteiger partial charge < -0.3 is 10.7 Å². The molecule has 0 bridgehead atoms. The Balaban J connectivity index is 2.28. The molecule has 0 unspecified atom stereocenters. The van der Waals surface area contributed by atoms with E-state index in [9.17, 15) is 4.79 Å². The van der Waals surface area contributed by atoms with Crippen molar-refractivity contribution in [2.24, 2.45) is 5.84 Å². The Morgan fingerprint density at radius 1 is 1.19 bits per heavy atom. The number of nitrogens with zero attached hydrogens (tertiary/aromatic N) is 1. The molecule has 0 aliphatic heterocycles. The number of benzene rings is 1. The lowest BCUT2D eigenvalue weighted by Gasteiger charge is -2.22. The standard InChI is InChI=1S/C16H20N4O/c1-16(2,3)12-6-4-5-7-13(12)19-15(21)14-10-11(20-17)8-9-18-14/h4-10H,17H2,1-3H3,(H,18,20)(H,19,21). The van der Waals surface area contributed by atoms with Gasteiger partial charge in [-0.3, -0.25) is 15.6 Å². The van der Waals surface area contributed by atoms with Crippen molar-refractivity contribution >= 4 is 17.3 Å². The number of anilines is 2. The van der Waals surface area contributed by atoms with Crippen molar-refractivity contribution in [3.05, 3.63) is 53.9 Å². The average Bonchev–Trinajstić information content (AvgIpc) is 2.46. The van der Waals surface area contributed by atoms with Gasteiger partial charge in [0.1, 0.15) is 5.69 Å². The molecule has 21 heavy (non-hydrogen) atoms. The molecule has 0 saturated heterocycles. The fraction of sp³-hybridized carbons (Fsp3) is 0.250. The molecule has 5 nitrogen and oxygen atoms in total. The lowest BCUT2D eigenvalue weighted by Crippen LogP contribution is -2.19. The third kappa shape index (κ3) is 3.58. The molecule has 0 aliphatic carbocycles. The van der Waals surface area contributed by atoms with Gasteiger partial charge in [0.05, 0.1) is 5.69 Å². The zero-order valence-corrected chi connectivity index (χ0v) is 12.5. The molecule has 1 amide bonds. The molecule has 0 atom stereocenters. The summed E-state index contributed by atoms with van der Waals surface area (Å²) in [5.74, 6) is 5.08. The maximum Gasteiger partial charge on any atom is 0.274 e. The smallest absolute Gasteiger partial charge is 0.274 e. The van der Waals surface area contributed by atoms with Crippen molar-refractivity contribution in [1.82, 2.24) is 4.98 Å². The highest BCUT2D eigenvalue weighted by Gasteiger charge is 2.19. The van der Waals surface area contributed by atoms with Crippen molar-refractivity contribution in [2.45, 2.75) is 26.2 Å². The van der Waals surface area contributed by atoms with Crippen LogP contribution in [0.25, 0.3) is 0 Å². The van der Waals surface area contributed by atoms with Crippen LogP contribution in [0.1, 0.15) is 36.8 Å². The van der Waals surface area contributed by atoms with Crippen LogP contribution >= 0.6 is 0 Å². The number of pyridine rings is 1. The molecule has 110 valence electrons. The fourth-order valence-corrected chi connectivity index (χ4v) is 2.08. The molecule has 2 rings (SSSR count). The van der Waals surface area contributed by atoms with Crippen LogP contribution in [0.2, 0.25) is 0 Å². The monoisotopic (exact) mass is 284 g/mol. The van der Waals surface area contributed by atoms with Crippen LogP contribution in [-0.2, 0) is 5.41 Å². The first-order chi connectivity index (χ1) is 9.91.